The molecule has 0 radical (unpaired) electrons. The Labute approximate surface area is 219 Å². The zero-order valence-corrected chi connectivity index (χ0v) is 21.5. The Morgan fingerprint density at radius 3 is 2.71 bits per heavy atom. The highest BCUT2D eigenvalue weighted by Crippen LogP contribution is 2.37. The van der Waals surface area contributed by atoms with Gasteiger partial charge in [0.05, 0.1) is 5.56 Å². The quantitative estimate of drug-likeness (QED) is 0.435. The molecular weight excluding hydrogens is 484 g/mol. The molecule has 1 saturated carbocycles. The fourth-order valence-electron chi connectivity index (χ4n) is 5.81. The number of aryl methyl sites for hydroxylation is 1. The molecule has 3 aliphatic rings. The summed E-state index contributed by atoms with van der Waals surface area (Å²) in [6.45, 7) is 2.90. The van der Waals surface area contributed by atoms with Gasteiger partial charge < -0.3 is 20.1 Å². The number of nitrogens with zero attached hydrogens (tertiary/aromatic N) is 3. The van der Waals surface area contributed by atoms with E-state index in [1.165, 1.54) is 11.3 Å². The summed E-state index contributed by atoms with van der Waals surface area (Å²) in [4.78, 5) is 56.4. The number of fused-ring (bicyclic) bond motifs is 2. The van der Waals surface area contributed by atoms with Crippen LogP contribution < -0.4 is 16.0 Å². The van der Waals surface area contributed by atoms with E-state index in [9.17, 15) is 19.2 Å². The van der Waals surface area contributed by atoms with Crippen molar-refractivity contribution in [2.75, 3.05) is 12.4 Å². The number of amides is 4. The molecule has 3 N–H and O–H groups in total. The predicted molar refractivity (Wildman–Crippen MR) is 141 cm³/mol. The third kappa shape index (κ3) is 3.96. The molecule has 38 heavy (non-hydrogen) atoms. The van der Waals surface area contributed by atoms with E-state index in [1.807, 2.05) is 14.0 Å². The molecule has 3 aromatic rings. The number of rotatable bonds is 6. The van der Waals surface area contributed by atoms with Crippen LogP contribution in [0.2, 0.25) is 0 Å². The van der Waals surface area contributed by atoms with Gasteiger partial charge in [-0.05, 0) is 74.5 Å². The average molecular weight is 515 g/mol. The highest BCUT2D eigenvalue weighted by molar-refractivity contribution is 6.09. The van der Waals surface area contributed by atoms with Crippen molar-refractivity contribution in [2.45, 2.75) is 64.2 Å². The molecule has 6 rings (SSSR count). The number of pyridine rings is 1. The smallest absolute Gasteiger partial charge is 0.257 e. The van der Waals surface area contributed by atoms with Crippen LogP contribution in [0.15, 0.2) is 30.6 Å². The number of aromatic nitrogens is 2. The normalized spacial score (nSPS) is 19.5. The van der Waals surface area contributed by atoms with Crippen LogP contribution >= 0.6 is 0 Å². The molecule has 2 aromatic heterocycles. The van der Waals surface area contributed by atoms with Gasteiger partial charge in [-0.15, -0.1) is 0 Å². The van der Waals surface area contributed by atoms with Crippen molar-refractivity contribution in [1.29, 1.82) is 0 Å². The maximum absolute atomic E-state index is 13.4. The molecule has 1 aromatic carbocycles. The molecule has 0 bridgehead atoms. The average Bonchev–Trinajstić information content (AvgIpc) is 3.36. The summed E-state index contributed by atoms with van der Waals surface area (Å²) in [5.41, 5.74) is 5.22. The Morgan fingerprint density at radius 2 is 2.00 bits per heavy atom. The molecule has 2 aliphatic heterocycles. The molecule has 4 heterocycles. The maximum Gasteiger partial charge on any atom is 0.257 e. The van der Waals surface area contributed by atoms with Crippen molar-refractivity contribution in [1.82, 2.24) is 25.1 Å². The number of benzene rings is 1. The number of imide groups is 1. The number of hydrogen-bond acceptors (Lipinski definition) is 6. The summed E-state index contributed by atoms with van der Waals surface area (Å²) in [6, 6.07) is 4.94. The predicted octanol–water partition coefficient (Wildman–Crippen LogP) is 2.80. The van der Waals surface area contributed by atoms with E-state index in [0.717, 1.165) is 40.6 Å². The fraction of sp³-hybridized carbons (Fsp3) is 0.393. The van der Waals surface area contributed by atoms with Gasteiger partial charge >= 0.3 is 0 Å². The highest BCUT2D eigenvalue weighted by atomic mass is 16.2. The Kier molecular flexibility index (Phi) is 5.98. The molecule has 0 spiro atoms. The van der Waals surface area contributed by atoms with E-state index in [-0.39, 0.29) is 30.7 Å². The summed E-state index contributed by atoms with van der Waals surface area (Å²) in [7, 11) is 1.91. The van der Waals surface area contributed by atoms with E-state index >= 15 is 0 Å². The lowest BCUT2D eigenvalue weighted by Crippen LogP contribution is -2.52. The van der Waals surface area contributed by atoms with E-state index in [2.05, 4.69) is 26.7 Å². The molecule has 2 fully saturated rings. The molecule has 1 unspecified atom stereocenters. The van der Waals surface area contributed by atoms with Crippen LogP contribution in [0.4, 0.5) is 5.69 Å². The first-order valence-electron chi connectivity index (χ1n) is 13.1. The second-order valence-electron chi connectivity index (χ2n) is 10.4. The third-order valence-corrected chi connectivity index (χ3v) is 8.04. The lowest BCUT2D eigenvalue weighted by atomic mass is 9.93. The molecule has 1 saturated heterocycles. The summed E-state index contributed by atoms with van der Waals surface area (Å²) >= 11 is 0. The van der Waals surface area contributed by atoms with Gasteiger partial charge in [0.1, 0.15) is 11.7 Å². The first-order chi connectivity index (χ1) is 18.4. The van der Waals surface area contributed by atoms with E-state index in [0.29, 0.717) is 35.8 Å². The summed E-state index contributed by atoms with van der Waals surface area (Å²) in [6.07, 6.45) is 7.84. The largest absolute Gasteiger partial charge is 0.329 e. The highest BCUT2D eigenvalue weighted by Gasteiger charge is 2.39. The number of piperidine rings is 1. The van der Waals surface area contributed by atoms with Crippen molar-refractivity contribution in [3.8, 4) is 0 Å². The second kappa shape index (κ2) is 9.36. The zero-order valence-electron chi connectivity index (χ0n) is 21.5. The SMILES string of the molecule is CNCc1cn(C2CCC2)c2ncc(C(=O)Nc3ccc4c(c3)CN(C3CCC(=O)NC3=O)C4=O)c(C)c12. The topological polar surface area (TPSA) is 125 Å². The van der Waals surface area contributed by atoms with Crippen LogP contribution in [0.25, 0.3) is 11.0 Å². The lowest BCUT2D eigenvalue weighted by molar-refractivity contribution is -0.136. The summed E-state index contributed by atoms with van der Waals surface area (Å²) in [5, 5.41) is 9.52. The minimum absolute atomic E-state index is 0.204. The molecular formula is C28H30N6O4. The molecule has 4 amide bonds. The molecule has 10 nitrogen and oxygen atoms in total. The van der Waals surface area contributed by atoms with Crippen LogP contribution in [0.3, 0.4) is 0 Å². The standard InChI is InChI=1S/C28H30N6O4/c1-15-21(12-30-25-24(15)17(11-29-2)14-33(25)19-4-3-5-19)26(36)31-18-6-7-20-16(10-18)13-34(28(20)38)22-8-9-23(35)32-27(22)37/h6-7,10,12,14,19,22,29H,3-5,8-9,11,13H2,1-2H3,(H,31,36)(H,32,35,37). The Balaban J connectivity index is 1.24. The van der Waals surface area contributed by atoms with Crippen LogP contribution in [-0.4, -0.2) is 51.2 Å². The van der Waals surface area contributed by atoms with Gasteiger partial charge in [-0.2, -0.15) is 0 Å². The molecule has 196 valence electrons. The maximum atomic E-state index is 13.4. The van der Waals surface area contributed by atoms with Crippen molar-refractivity contribution in [2.24, 2.45) is 0 Å². The van der Waals surface area contributed by atoms with E-state index in [4.69, 9.17) is 4.98 Å². The molecule has 10 heteroatoms. The zero-order chi connectivity index (χ0) is 26.6. The van der Waals surface area contributed by atoms with Crippen molar-refractivity contribution in [3.63, 3.8) is 0 Å². The van der Waals surface area contributed by atoms with Gasteiger partial charge in [-0.1, -0.05) is 0 Å². The summed E-state index contributed by atoms with van der Waals surface area (Å²) < 4.78 is 2.26. The Morgan fingerprint density at radius 1 is 1.18 bits per heavy atom. The number of carbonyl (C=O) groups is 4. The Hall–Kier alpha value is -4.05. The first kappa shape index (κ1) is 24.3. The van der Waals surface area contributed by atoms with Gasteiger partial charge in [0.25, 0.3) is 11.8 Å². The fourth-order valence-corrected chi connectivity index (χ4v) is 5.81. The van der Waals surface area contributed by atoms with Gasteiger partial charge in [-0.3, -0.25) is 24.5 Å². The third-order valence-electron chi connectivity index (χ3n) is 8.04. The summed E-state index contributed by atoms with van der Waals surface area (Å²) in [5.74, 6) is -1.28. The van der Waals surface area contributed by atoms with Gasteiger partial charge in [-0.25, -0.2) is 4.98 Å². The van der Waals surface area contributed by atoms with E-state index < -0.39 is 11.9 Å². The number of hydrogen-bond donors (Lipinski definition) is 3. The minimum Gasteiger partial charge on any atom is -0.329 e. The van der Waals surface area contributed by atoms with E-state index in [1.54, 1.807) is 24.4 Å². The van der Waals surface area contributed by atoms with Gasteiger partial charge in [0.2, 0.25) is 11.8 Å². The van der Waals surface area contributed by atoms with Crippen molar-refractivity contribution >= 4 is 40.3 Å². The van der Waals surface area contributed by atoms with Crippen molar-refractivity contribution < 1.29 is 19.2 Å². The Bertz CT molecular complexity index is 1500. The lowest BCUT2D eigenvalue weighted by Gasteiger charge is -2.29. The minimum atomic E-state index is -0.676. The van der Waals surface area contributed by atoms with Gasteiger partial charge in [0, 0.05) is 54.6 Å². The number of nitrogens with one attached hydrogen (secondary N) is 3. The molecule has 1 aliphatic carbocycles. The molecule has 1 atom stereocenters. The van der Waals surface area contributed by atoms with Crippen LogP contribution in [0.5, 0.6) is 0 Å². The first-order valence-corrected chi connectivity index (χ1v) is 13.1. The number of anilines is 1. The monoisotopic (exact) mass is 514 g/mol. The van der Waals surface area contributed by atoms with Crippen LogP contribution in [0, 0.1) is 6.92 Å². The van der Waals surface area contributed by atoms with Crippen molar-refractivity contribution in [3.05, 3.63) is 58.4 Å². The van der Waals surface area contributed by atoms with Crippen LogP contribution in [0.1, 0.15) is 75.6 Å². The van der Waals surface area contributed by atoms with Crippen LogP contribution in [-0.2, 0) is 22.7 Å². The number of carbonyl (C=O) groups excluding carboxylic acids is 4. The second-order valence-corrected chi connectivity index (χ2v) is 10.4. The van der Waals surface area contributed by atoms with Gasteiger partial charge in [0.15, 0.2) is 0 Å².